The molecule has 24 heavy (non-hydrogen) atoms. The number of aromatic nitrogens is 2. The fraction of sp³-hybridized carbons (Fsp3) is 0.444. The van der Waals surface area contributed by atoms with Gasteiger partial charge in [-0.2, -0.15) is 20.5 Å². The van der Waals surface area contributed by atoms with Crippen LogP contribution in [-0.2, 0) is 13.1 Å². The highest BCUT2D eigenvalue weighted by molar-refractivity contribution is 5.09. The summed E-state index contributed by atoms with van der Waals surface area (Å²) in [5, 5.41) is 17.2. The molecule has 0 fully saturated rings. The number of hydrogen-bond donors (Lipinski definition) is 0. The molecule has 0 bridgehead atoms. The molecule has 6 heteroatoms. The zero-order valence-corrected chi connectivity index (χ0v) is 14.3. The van der Waals surface area contributed by atoms with Crippen molar-refractivity contribution < 1.29 is 0 Å². The molecule has 2 aromatic heterocycles. The predicted octanol–water partition coefficient (Wildman–Crippen LogP) is 4.64. The molecule has 0 aliphatic rings. The van der Waals surface area contributed by atoms with Crippen molar-refractivity contribution in [2.75, 3.05) is 0 Å². The van der Waals surface area contributed by atoms with Crippen molar-refractivity contribution in [3.8, 4) is 0 Å². The minimum absolute atomic E-state index is 0.199. The second-order valence-electron chi connectivity index (χ2n) is 5.82. The lowest BCUT2D eigenvalue weighted by Gasteiger charge is -2.07. The van der Waals surface area contributed by atoms with E-state index < -0.39 is 0 Å². The largest absolute Gasteiger partial charge is 0.265 e. The molecule has 6 nitrogen and oxygen atoms in total. The molecule has 0 aliphatic heterocycles. The van der Waals surface area contributed by atoms with Crippen LogP contribution in [0.2, 0.25) is 0 Å². The molecule has 0 N–H and O–H groups in total. The molecular formula is C18H24N6. The van der Waals surface area contributed by atoms with Crippen LogP contribution in [0.3, 0.4) is 0 Å². The van der Waals surface area contributed by atoms with Crippen LogP contribution in [-0.4, -0.2) is 22.1 Å². The van der Waals surface area contributed by atoms with Gasteiger partial charge in [0, 0.05) is 24.8 Å². The predicted molar refractivity (Wildman–Crippen MR) is 93.8 cm³/mol. The molecule has 2 rings (SSSR count). The zero-order valence-electron chi connectivity index (χ0n) is 14.3. The van der Waals surface area contributed by atoms with E-state index in [9.17, 15) is 0 Å². The summed E-state index contributed by atoms with van der Waals surface area (Å²) in [7, 11) is 0. The Labute approximate surface area is 143 Å². The molecule has 0 radical (unpaired) electrons. The smallest absolute Gasteiger partial charge is 0.0850 e. The van der Waals surface area contributed by atoms with Gasteiger partial charge >= 0.3 is 0 Å². The number of azo groups is 2. The number of pyridine rings is 2. The first-order valence-electron chi connectivity index (χ1n) is 8.25. The molecule has 2 atom stereocenters. The van der Waals surface area contributed by atoms with Gasteiger partial charge in [-0.25, -0.2) is 0 Å². The summed E-state index contributed by atoms with van der Waals surface area (Å²) < 4.78 is 0. The summed E-state index contributed by atoms with van der Waals surface area (Å²) in [4.78, 5) is 7.97. The van der Waals surface area contributed by atoms with E-state index in [1.54, 1.807) is 24.8 Å². The van der Waals surface area contributed by atoms with Gasteiger partial charge in [0.15, 0.2) is 0 Å². The Morgan fingerprint density at radius 1 is 0.708 bits per heavy atom. The third kappa shape index (κ3) is 7.17. The Morgan fingerprint density at radius 2 is 1.08 bits per heavy atom. The van der Waals surface area contributed by atoms with Crippen LogP contribution in [0.5, 0.6) is 0 Å². The highest BCUT2D eigenvalue weighted by Crippen LogP contribution is 2.10. The number of rotatable bonds is 9. The zero-order chi connectivity index (χ0) is 17.0. The first kappa shape index (κ1) is 17.8. The SMILES string of the molecule is CC(CCC(C)N=NCc1ccncc1)N=NCc1ccncc1. The number of nitrogens with zero attached hydrogens (tertiary/aromatic N) is 6. The average Bonchev–Trinajstić information content (AvgIpc) is 2.62. The molecule has 0 amide bonds. The molecule has 126 valence electrons. The lowest BCUT2D eigenvalue weighted by Crippen LogP contribution is -2.04. The molecule has 0 aromatic carbocycles. The Hall–Kier alpha value is -2.50. The van der Waals surface area contributed by atoms with Crippen LogP contribution < -0.4 is 0 Å². The van der Waals surface area contributed by atoms with Crippen LogP contribution in [0.15, 0.2) is 69.5 Å². The summed E-state index contributed by atoms with van der Waals surface area (Å²) in [5.41, 5.74) is 2.25. The number of hydrogen-bond acceptors (Lipinski definition) is 6. The highest BCUT2D eigenvalue weighted by Gasteiger charge is 2.04. The minimum Gasteiger partial charge on any atom is -0.265 e. The van der Waals surface area contributed by atoms with E-state index in [1.165, 1.54) is 0 Å². The minimum atomic E-state index is 0.199. The molecule has 2 unspecified atom stereocenters. The van der Waals surface area contributed by atoms with E-state index in [2.05, 4.69) is 44.3 Å². The highest BCUT2D eigenvalue weighted by atomic mass is 15.1. The van der Waals surface area contributed by atoms with Crippen LogP contribution in [0.4, 0.5) is 0 Å². The molecule has 0 saturated carbocycles. The maximum Gasteiger partial charge on any atom is 0.0850 e. The van der Waals surface area contributed by atoms with Gasteiger partial charge in [-0.1, -0.05) is 0 Å². The molecule has 2 aromatic rings. The van der Waals surface area contributed by atoms with Crippen molar-refractivity contribution in [3.05, 3.63) is 60.2 Å². The van der Waals surface area contributed by atoms with Crippen LogP contribution in [0.1, 0.15) is 37.8 Å². The fourth-order valence-corrected chi connectivity index (χ4v) is 2.10. The Kier molecular flexibility index (Phi) is 7.67. The summed E-state index contributed by atoms with van der Waals surface area (Å²) in [5.74, 6) is 0. The Balaban J connectivity index is 1.64. The standard InChI is InChI=1S/C18H24N6/c1-15(23-21-13-17-5-9-19-10-6-17)3-4-16(2)24-22-14-18-7-11-20-12-8-18/h5-12,15-16H,3-4,13-14H2,1-2H3. The Morgan fingerprint density at radius 3 is 1.46 bits per heavy atom. The van der Waals surface area contributed by atoms with Crippen molar-refractivity contribution in [2.45, 2.75) is 51.9 Å². The first-order valence-corrected chi connectivity index (χ1v) is 8.25. The van der Waals surface area contributed by atoms with Crippen LogP contribution in [0, 0.1) is 0 Å². The van der Waals surface area contributed by atoms with Gasteiger partial charge in [0.05, 0.1) is 25.2 Å². The summed E-state index contributed by atoms with van der Waals surface area (Å²) in [6.45, 7) is 5.37. The second kappa shape index (κ2) is 10.3. The Bertz CT molecular complexity index is 569. The van der Waals surface area contributed by atoms with E-state index in [4.69, 9.17) is 0 Å². The average molecular weight is 324 g/mol. The molecular weight excluding hydrogens is 300 g/mol. The van der Waals surface area contributed by atoms with Gasteiger partial charge in [0.25, 0.3) is 0 Å². The maximum absolute atomic E-state index is 4.34. The van der Waals surface area contributed by atoms with E-state index in [-0.39, 0.29) is 12.1 Å². The molecule has 0 saturated heterocycles. The molecule has 0 spiro atoms. The van der Waals surface area contributed by atoms with E-state index >= 15 is 0 Å². The second-order valence-corrected chi connectivity index (χ2v) is 5.82. The van der Waals surface area contributed by atoms with Gasteiger partial charge in [-0.3, -0.25) is 9.97 Å². The van der Waals surface area contributed by atoms with Crippen molar-refractivity contribution in [1.29, 1.82) is 0 Å². The molecule has 2 heterocycles. The van der Waals surface area contributed by atoms with Crippen molar-refractivity contribution >= 4 is 0 Å². The van der Waals surface area contributed by atoms with E-state index in [0.717, 1.165) is 24.0 Å². The third-order valence-corrected chi connectivity index (χ3v) is 3.57. The monoisotopic (exact) mass is 324 g/mol. The summed E-state index contributed by atoms with van der Waals surface area (Å²) in [6, 6.07) is 8.21. The van der Waals surface area contributed by atoms with Gasteiger partial charge in [0.2, 0.25) is 0 Å². The fourth-order valence-electron chi connectivity index (χ4n) is 2.10. The third-order valence-electron chi connectivity index (χ3n) is 3.57. The van der Waals surface area contributed by atoms with E-state index in [0.29, 0.717) is 13.1 Å². The van der Waals surface area contributed by atoms with E-state index in [1.807, 2.05) is 24.3 Å². The van der Waals surface area contributed by atoms with Crippen molar-refractivity contribution in [2.24, 2.45) is 20.5 Å². The quantitative estimate of drug-likeness (QED) is 0.630. The topological polar surface area (TPSA) is 75.2 Å². The van der Waals surface area contributed by atoms with Crippen LogP contribution >= 0.6 is 0 Å². The lowest BCUT2D eigenvalue weighted by molar-refractivity contribution is 0.531. The summed E-state index contributed by atoms with van der Waals surface area (Å²) >= 11 is 0. The van der Waals surface area contributed by atoms with Crippen molar-refractivity contribution in [3.63, 3.8) is 0 Å². The van der Waals surface area contributed by atoms with Crippen molar-refractivity contribution in [1.82, 2.24) is 9.97 Å². The lowest BCUT2D eigenvalue weighted by atomic mass is 10.1. The summed E-state index contributed by atoms with van der Waals surface area (Å²) in [6.07, 6.45) is 8.99. The normalized spacial score (nSPS) is 14.2. The first-order chi connectivity index (χ1) is 11.7. The maximum atomic E-state index is 4.34. The van der Waals surface area contributed by atoms with Gasteiger partial charge in [-0.05, 0) is 62.1 Å². The van der Waals surface area contributed by atoms with Gasteiger partial charge < -0.3 is 0 Å². The van der Waals surface area contributed by atoms with Gasteiger partial charge in [-0.15, -0.1) is 0 Å². The van der Waals surface area contributed by atoms with Gasteiger partial charge in [0.1, 0.15) is 0 Å². The van der Waals surface area contributed by atoms with Crippen LogP contribution in [0.25, 0.3) is 0 Å². The molecule has 0 aliphatic carbocycles.